The molecule has 1 aliphatic rings. The Morgan fingerprint density at radius 1 is 1.33 bits per heavy atom. The maximum absolute atomic E-state index is 4.84. The highest BCUT2D eigenvalue weighted by Crippen LogP contribution is 2.44. The third-order valence-electron chi connectivity index (χ3n) is 3.80. The van der Waals surface area contributed by atoms with E-state index in [-0.39, 0.29) is 5.41 Å². The van der Waals surface area contributed by atoms with Gasteiger partial charge in [0.25, 0.3) is 0 Å². The molecule has 0 aliphatic heterocycles. The first kappa shape index (κ1) is 11.8. The summed E-state index contributed by atoms with van der Waals surface area (Å²) in [5.41, 5.74) is 2.72. The van der Waals surface area contributed by atoms with Crippen molar-refractivity contribution in [3.8, 4) is 10.6 Å². The molecule has 4 heteroatoms. The molecule has 2 aromatic heterocycles. The van der Waals surface area contributed by atoms with Crippen molar-refractivity contribution in [2.45, 2.75) is 24.7 Å². The Kier molecular flexibility index (Phi) is 3.14. The first-order valence-corrected chi connectivity index (χ1v) is 7.23. The third-order valence-corrected chi connectivity index (χ3v) is 4.69. The minimum atomic E-state index is 0.288. The molecule has 0 spiro atoms. The number of likely N-dealkylation sites (N-methyl/N-ethyl adjacent to an activating group) is 1. The van der Waals surface area contributed by atoms with Crippen LogP contribution in [0, 0.1) is 0 Å². The van der Waals surface area contributed by atoms with E-state index in [0.717, 1.165) is 11.6 Å². The molecule has 0 aromatic carbocycles. The van der Waals surface area contributed by atoms with Crippen molar-refractivity contribution in [3.63, 3.8) is 0 Å². The minimum Gasteiger partial charge on any atom is -0.319 e. The van der Waals surface area contributed by atoms with Crippen molar-refractivity contribution in [1.29, 1.82) is 0 Å². The molecule has 3 rings (SSSR count). The number of rotatable bonds is 4. The third kappa shape index (κ3) is 1.95. The van der Waals surface area contributed by atoms with Crippen LogP contribution in [0.25, 0.3) is 10.6 Å². The summed E-state index contributed by atoms with van der Waals surface area (Å²) in [6.07, 6.45) is 7.48. The SMILES string of the molecule is CNCC1(c2csc(-c3ccncc3)n2)CCC1. The van der Waals surface area contributed by atoms with Crippen molar-refractivity contribution >= 4 is 11.3 Å². The van der Waals surface area contributed by atoms with Gasteiger partial charge in [0.1, 0.15) is 5.01 Å². The van der Waals surface area contributed by atoms with Crippen LogP contribution in [-0.2, 0) is 5.41 Å². The van der Waals surface area contributed by atoms with E-state index < -0.39 is 0 Å². The summed E-state index contributed by atoms with van der Waals surface area (Å²) in [7, 11) is 2.02. The van der Waals surface area contributed by atoms with Crippen LogP contribution in [0.1, 0.15) is 25.0 Å². The zero-order valence-corrected chi connectivity index (χ0v) is 11.3. The van der Waals surface area contributed by atoms with E-state index in [1.54, 1.807) is 11.3 Å². The molecule has 1 N–H and O–H groups in total. The van der Waals surface area contributed by atoms with Gasteiger partial charge in [-0.15, -0.1) is 11.3 Å². The van der Waals surface area contributed by atoms with Crippen molar-refractivity contribution in [1.82, 2.24) is 15.3 Å². The summed E-state index contributed by atoms with van der Waals surface area (Å²) >= 11 is 1.74. The highest BCUT2D eigenvalue weighted by atomic mass is 32.1. The average Bonchev–Trinajstić information content (AvgIpc) is 2.84. The molecule has 2 heterocycles. The molecule has 3 nitrogen and oxygen atoms in total. The van der Waals surface area contributed by atoms with Gasteiger partial charge >= 0.3 is 0 Å². The fourth-order valence-corrected chi connectivity index (χ4v) is 3.56. The summed E-state index contributed by atoms with van der Waals surface area (Å²) in [6.45, 7) is 1.03. The lowest BCUT2D eigenvalue weighted by Gasteiger charge is -2.40. The molecular formula is C14H17N3S. The van der Waals surface area contributed by atoms with Crippen LogP contribution < -0.4 is 5.32 Å². The molecule has 0 saturated heterocycles. The lowest BCUT2D eigenvalue weighted by Crippen LogP contribution is -2.43. The molecule has 1 saturated carbocycles. The molecule has 2 aromatic rings. The van der Waals surface area contributed by atoms with Gasteiger partial charge in [-0.25, -0.2) is 4.98 Å². The fourth-order valence-electron chi connectivity index (χ4n) is 2.61. The lowest BCUT2D eigenvalue weighted by atomic mass is 9.67. The second kappa shape index (κ2) is 4.78. The molecule has 0 radical (unpaired) electrons. The molecule has 1 aliphatic carbocycles. The van der Waals surface area contributed by atoms with E-state index in [1.807, 2.05) is 31.6 Å². The van der Waals surface area contributed by atoms with Crippen molar-refractivity contribution in [2.24, 2.45) is 0 Å². The van der Waals surface area contributed by atoms with Crippen LogP contribution >= 0.6 is 11.3 Å². The van der Waals surface area contributed by atoms with E-state index in [1.165, 1.54) is 30.5 Å². The van der Waals surface area contributed by atoms with Crippen molar-refractivity contribution in [2.75, 3.05) is 13.6 Å². The number of pyridine rings is 1. The van der Waals surface area contributed by atoms with Gasteiger partial charge in [-0.2, -0.15) is 0 Å². The normalized spacial score (nSPS) is 17.4. The first-order valence-electron chi connectivity index (χ1n) is 6.35. The Balaban J connectivity index is 1.90. The number of nitrogens with zero attached hydrogens (tertiary/aromatic N) is 2. The number of hydrogen-bond acceptors (Lipinski definition) is 4. The van der Waals surface area contributed by atoms with Gasteiger partial charge in [-0.1, -0.05) is 6.42 Å². The Bertz CT molecular complexity index is 517. The summed E-state index contributed by atoms with van der Waals surface area (Å²) in [5.74, 6) is 0. The first-order chi connectivity index (χ1) is 8.84. The van der Waals surface area contributed by atoms with E-state index in [9.17, 15) is 0 Å². The Hall–Kier alpha value is -1.26. The molecule has 1 fully saturated rings. The molecule has 0 unspecified atom stereocenters. The van der Waals surface area contributed by atoms with Gasteiger partial charge < -0.3 is 5.32 Å². The molecule has 94 valence electrons. The predicted molar refractivity (Wildman–Crippen MR) is 74.8 cm³/mol. The number of aromatic nitrogens is 2. The van der Waals surface area contributed by atoms with E-state index >= 15 is 0 Å². The molecular weight excluding hydrogens is 242 g/mol. The molecule has 0 bridgehead atoms. The van der Waals surface area contributed by atoms with Gasteiger partial charge in [0.05, 0.1) is 5.69 Å². The Labute approximate surface area is 111 Å². The van der Waals surface area contributed by atoms with Crippen LogP contribution in [0.5, 0.6) is 0 Å². The van der Waals surface area contributed by atoms with Gasteiger partial charge in [0, 0.05) is 35.3 Å². The van der Waals surface area contributed by atoms with Crippen LogP contribution in [0.2, 0.25) is 0 Å². The zero-order valence-electron chi connectivity index (χ0n) is 10.5. The van der Waals surface area contributed by atoms with Crippen LogP contribution in [-0.4, -0.2) is 23.6 Å². The fraction of sp³-hybridized carbons (Fsp3) is 0.429. The van der Waals surface area contributed by atoms with E-state index in [0.29, 0.717) is 0 Å². The zero-order chi connectivity index (χ0) is 12.4. The second-order valence-corrected chi connectivity index (χ2v) is 5.80. The summed E-state index contributed by atoms with van der Waals surface area (Å²) in [6, 6.07) is 4.04. The van der Waals surface area contributed by atoms with Gasteiger partial charge in [0.2, 0.25) is 0 Å². The quantitative estimate of drug-likeness (QED) is 0.917. The highest BCUT2D eigenvalue weighted by molar-refractivity contribution is 7.13. The van der Waals surface area contributed by atoms with Gasteiger partial charge in [-0.3, -0.25) is 4.98 Å². The largest absolute Gasteiger partial charge is 0.319 e. The summed E-state index contributed by atoms with van der Waals surface area (Å²) in [5, 5.41) is 6.65. The monoisotopic (exact) mass is 259 g/mol. The van der Waals surface area contributed by atoms with Crippen molar-refractivity contribution in [3.05, 3.63) is 35.6 Å². The Morgan fingerprint density at radius 3 is 2.72 bits per heavy atom. The van der Waals surface area contributed by atoms with E-state index in [2.05, 4.69) is 15.7 Å². The molecule has 18 heavy (non-hydrogen) atoms. The number of thiazole rings is 1. The molecule has 0 amide bonds. The summed E-state index contributed by atoms with van der Waals surface area (Å²) in [4.78, 5) is 8.89. The maximum atomic E-state index is 4.84. The maximum Gasteiger partial charge on any atom is 0.123 e. The van der Waals surface area contributed by atoms with Crippen LogP contribution in [0.4, 0.5) is 0 Å². The molecule has 0 atom stereocenters. The Morgan fingerprint density at radius 2 is 2.11 bits per heavy atom. The van der Waals surface area contributed by atoms with Crippen LogP contribution in [0.15, 0.2) is 29.9 Å². The van der Waals surface area contributed by atoms with Gasteiger partial charge in [-0.05, 0) is 32.0 Å². The smallest absolute Gasteiger partial charge is 0.123 e. The standard InChI is InChI=1S/C14H17N3S/c1-15-10-14(5-2-6-14)12-9-18-13(17-12)11-3-7-16-8-4-11/h3-4,7-9,15H,2,5-6,10H2,1H3. The van der Waals surface area contributed by atoms with Crippen molar-refractivity contribution < 1.29 is 0 Å². The predicted octanol–water partition coefficient (Wildman–Crippen LogP) is 2.85. The average molecular weight is 259 g/mol. The lowest BCUT2D eigenvalue weighted by molar-refractivity contribution is 0.233. The number of hydrogen-bond donors (Lipinski definition) is 1. The second-order valence-electron chi connectivity index (χ2n) is 4.94. The number of nitrogens with one attached hydrogen (secondary N) is 1. The highest BCUT2D eigenvalue weighted by Gasteiger charge is 2.40. The van der Waals surface area contributed by atoms with E-state index in [4.69, 9.17) is 4.98 Å². The van der Waals surface area contributed by atoms with Gasteiger partial charge in [0.15, 0.2) is 0 Å². The minimum absolute atomic E-state index is 0.288. The summed E-state index contributed by atoms with van der Waals surface area (Å²) < 4.78 is 0. The topological polar surface area (TPSA) is 37.8 Å². The van der Waals surface area contributed by atoms with Crippen LogP contribution in [0.3, 0.4) is 0 Å².